The Morgan fingerprint density at radius 1 is 1.54 bits per heavy atom. The minimum Gasteiger partial charge on any atom is -0.348 e. The Morgan fingerprint density at radius 3 is 3.15 bits per heavy atom. The summed E-state index contributed by atoms with van der Waals surface area (Å²) in [6.45, 7) is 2.22. The zero-order valence-corrected chi connectivity index (χ0v) is 8.04. The first kappa shape index (κ1) is 8.08. The lowest BCUT2D eigenvalue weighted by atomic mass is 10.1. The summed E-state index contributed by atoms with van der Waals surface area (Å²) >= 11 is 1.89. The average molecular weight is 201 g/mol. The normalized spacial score (nSPS) is 51.3. The van der Waals surface area contributed by atoms with Crippen LogP contribution in [0.5, 0.6) is 0 Å². The van der Waals surface area contributed by atoms with E-state index in [1.165, 1.54) is 6.92 Å². The van der Waals surface area contributed by atoms with Gasteiger partial charge in [0, 0.05) is 17.4 Å². The van der Waals surface area contributed by atoms with Crippen LogP contribution in [0.15, 0.2) is 0 Å². The molecule has 0 aromatic carbocycles. The van der Waals surface area contributed by atoms with Crippen LogP contribution in [0.4, 0.5) is 0 Å². The molecule has 0 unspecified atom stereocenters. The number of rotatable bonds is 1. The number of fused-ring (bicyclic) bond motifs is 4. The maximum atomic E-state index is 10.9. The van der Waals surface area contributed by atoms with Crippen LogP contribution in [0.1, 0.15) is 6.92 Å². The molecule has 5 atom stereocenters. The average Bonchev–Trinajstić information content (AvgIpc) is 2.74. The molecule has 2 bridgehead atoms. The zero-order chi connectivity index (χ0) is 9.00. The van der Waals surface area contributed by atoms with Crippen molar-refractivity contribution in [1.29, 1.82) is 0 Å². The van der Waals surface area contributed by atoms with E-state index < -0.39 is 0 Å². The first-order chi connectivity index (χ1) is 6.25. The molecule has 4 nitrogen and oxygen atoms in total. The lowest BCUT2D eigenvalue weighted by molar-refractivity contribution is -0.127. The molecule has 3 fully saturated rings. The second-order valence-corrected chi connectivity index (χ2v) is 5.03. The summed E-state index contributed by atoms with van der Waals surface area (Å²) in [7, 11) is 0. The highest BCUT2D eigenvalue weighted by atomic mass is 32.2. The fourth-order valence-corrected chi connectivity index (χ4v) is 3.37. The molecule has 3 aliphatic rings. The van der Waals surface area contributed by atoms with Crippen LogP contribution in [-0.4, -0.2) is 41.4 Å². The Hall–Kier alpha value is -0.260. The number of hydrogen-bond acceptors (Lipinski definition) is 4. The Kier molecular flexibility index (Phi) is 1.63. The van der Waals surface area contributed by atoms with E-state index in [2.05, 4.69) is 5.32 Å². The smallest absolute Gasteiger partial charge is 0.217 e. The summed E-state index contributed by atoms with van der Waals surface area (Å²) in [5.41, 5.74) is 0. The van der Waals surface area contributed by atoms with E-state index >= 15 is 0 Å². The van der Waals surface area contributed by atoms with Gasteiger partial charge in [-0.2, -0.15) is 0 Å². The number of nitrogens with one attached hydrogen (secondary N) is 1. The molecule has 3 heterocycles. The van der Waals surface area contributed by atoms with Crippen molar-refractivity contribution in [2.45, 2.75) is 35.9 Å². The lowest BCUT2D eigenvalue weighted by Gasteiger charge is -2.26. The van der Waals surface area contributed by atoms with Crippen LogP contribution in [-0.2, 0) is 14.3 Å². The molecule has 0 aromatic rings. The number of amides is 1. The molecule has 5 heteroatoms. The molecular formula is C8H11NO3S. The molecule has 72 valence electrons. The molecule has 0 aliphatic carbocycles. The number of carbonyl (C=O) groups is 1. The van der Waals surface area contributed by atoms with E-state index in [4.69, 9.17) is 9.47 Å². The minimum absolute atomic E-state index is 0.00574. The summed E-state index contributed by atoms with van der Waals surface area (Å²) in [6, 6.07) is 0.0613. The third kappa shape index (κ3) is 1.18. The molecule has 0 aromatic heterocycles. The molecule has 13 heavy (non-hydrogen) atoms. The zero-order valence-electron chi connectivity index (χ0n) is 7.23. The van der Waals surface area contributed by atoms with E-state index in [1.807, 2.05) is 11.8 Å². The fraction of sp³-hybridized carbons (Fsp3) is 0.875. The summed E-state index contributed by atoms with van der Waals surface area (Å²) in [6.07, 6.45) is 0.0650. The predicted molar refractivity (Wildman–Crippen MR) is 47.4 cm³/mol. The van der Waals surface area contributed by atoms with Gasteiger partial charge in [0.25, 0.3) is 0 Å². The van der Waals surface area contributed by atoms with Gasteiger partial charge in [0.1, 0.15) is 0 Å². The van der Waals surface area contributed by atoms with Crippen molar-refractivity contribution in [1.82, 2.24) is 5.32 Å². The van der Waals surface area contributed by atoms with Crippen LogP contribution in [0, 0.1) is 0 Å². The third-order valence-corrected chi connectivity index (χ3v) is 4.18. The second kappa shape index (κ2) is 2.62. The van der Waals surface area contributed by atoms with Crippen molar-refractivity contribution in [3.63, 3.8) is 0 Å². The topological polar surface area (TPSA) is 47.6 Å². The number of carbonyl (C=O) groups excluding carboxylic acids is 1. The van der Waals surface area contributed by atoms with Gasteiger partial charge in [-0.1, -0.05) is 0 Å². The van der Waals surface area contributed by atoms with Crippen molar-refractivity contribution in [2.75, 3.05) is 6.61 Å². The molecule has 0 radical (unpaired) electrons. The van der Waals surface area contributed by atoms with Gasteiger partial charge in [0.15, 0.2) is 6.29 Å². The van der Waals surface area contributed by atoms with E-state index in [1.54, 1.807) is 0 Å². The molecule has 3 aliphatic heterocycles. The lowest BCUT2D eigenvalue weighted by Crippen LogP contribution is -2.50. The molecule has 1 amide bonds. The molecule has 0 saturated carbocycles. The number of hydrogen-bond donors (Lipinski definition) is 1. The van der Waals surface area contributed by atoms with E-state index in [0.717, 1.165) is 0 Å². The van der Waals surface area contributed by atoms with Crippen LogP contribution in [0.2, 0.25) is 0 Å². The Morgan fingerprint density at radius 2 is 2.38 bits per heavy atom. The molecule has 3 rings (SSSR count). The van der Waals surface area contributed by atoms with E-state index in [9.17, 15) is 4.79 Å². The third-order valence-electron chi connectivity index (χ3n) is 2.68. The van der Waals surface area contributed by atoms with Crippen LogP contribution in [0.25, 0.3) is 0 Å². The monoisotopic (exact) mass is 201 g/mol. The molecule has 0 spiro atoms. The summed E-state index contributed by atoms with van der Waals surface area (Å²) in [4.78, 5) is 10.9. The quantitative estimate of drug-likeness (QED) is 0.593. The largest absolute Gasteiger partial charge is 0.348 e. The molecule has 3 saturated heterocycles. The van der Waals surface area contributed by atoms with Crippen molar-refractivity contribution in [3.05, 3.63) is 0 Å². The van der Waals surface area contributed by atoms with Crippen LogP contribution < -0.4 is 5.32 Å². The maximum Gasteiger partial charge on any atom is 0.217 e. The first-order valence-corrected chi connectivity index (χ1v) is 5.39. The fourth-order valence-electron chi connectivity index (χ4n) is 2.07. The van der Waals surface area contributed by atoms with Gasteiger partial charge in [-0.15, -0.1) is 11.8 Å². The predicted octanol–water partition coefficient (Wildman–Crippen LogP) is -0.270. The Balaban J connectivity index is 1.76. The minimum atomic E-state index is -0.204. The number of ether oxygens (including phenoxy) is 2. The first-order valence-electron chi connectivity index (χ1n) is 4.45. The standard InChI is InChI=1S/C8H11NO3S/c1-3(10)9-5-7-6(13-7)4-2-11-8(5)12-4/h4-8H,2H2,1H3,(H,9,10)/t4-,5-,6-,7+,8-/m1/s1. The maximum absolute atomic E-state index is 10.9. The summed E-state index contributed by atoms with van der Waals surface area (Å²) < 4.78 is 11.0. The van der Waals surface area contributed by atoms with Crippen molar-refractivity contribution in [2.24, 2.45) is 0 Å². The van der Waals surface area contributed by atoms with Gasteiger partial charge in [0.2, 0.25) is 5.91 Å². The summed E-state index contributed by atoms with van der Waals surface area (Å²) in [5, 5.41) is 3.97. The number of thioether (sulfide) groups is 1. The summed E-state index contributed by atoms with van der Waals surface area (Å²) in [5.74, 6) is -0.00574. The van der Waals surface area contributed by atoms with Crippen molar-refractivity contribution >= 4 is 17.7 Å². The highest BCUT2D eigenvalue weighted by Gasteiger charge is 2.60. The Bertz CT molecular complexity index is 260. The van der Waals surface area contributed by atoms with Crippen LogP contribution in [0.3, 0.4) is 0 Å². The molecular weight excluding hydrogens is 190 g/mol. The van der Waals surface area contributed by atoms with Crippen molar-refractivity contribution in [3.8, 4) is 0 Å². The van der Waals surface area contributed by atoms with Gasteiger partial charge < -0.3 is 14.8 Å². The van der Waals surface area contributed by atoms with Gasteiger partial charge in [-0.05, 0) is 0 Å². The van der Waals surface area contributed by atoms with Gasteiger partial charge in [-0.3, -0.25) is 4.79 Å². The highest BCUT2D eigenvalue weighted by Crippen LogP contribution is 2.53. The highest BCUT2D eigenvalue weighted by molar-refractivity contribution is 8.07. The van der Waals surface area contributed by atoms with Gasteiger partial charge >= 0.3 is 0 Å². The Labute approximate surface area is 80.3 Å². The van der Waals surface area contributed by atoms with Gasteiger partial charge in [0.05, 0.1) is 18.8 Å². The second-order valence-electron chi connectivity index (χ2n) is 3.67. The van der Waals surface area contributed by atoms with E-state index in [0.29, 0.717) is 17.1 Å². The SMILES string of the molecule is CC(=O)N[C@H]1[C@@H]2OC[C@@H](O2)[C@H]2S[C@@H]12. The van der Waals surface area contributed by atoms with E-state index in [-0.39, 0.29) is 24.3 Å². The van der Waals surface area contributed by atoms with Crippen LogP contribution >= 0.6 is 11.8 Å². The molecule has 1 N–H and O–H groups in total. The van der Waals surface area contributed by atoms with Crippen molar-refractivity contribution < 1.29 is 14.3 Å². The van der Waals surface area contributed by atoms with Gasteiger partial charge in [-0.25, -0.2) is 0 Å².